The number of nitrogens with two attached hydrogens (primary N) is 1. The van der Waals surface area contributed by atoms with Crippen molar-refractivity contribution < 1.29 is 9.13 Å². The fraction of sp³-hybridized carbons (Fsp3) is 0.600. The Kier molecular flexibility index (Phi) is 3.02. The smallest absolute Gasteiger partial charge is 0.131 e. The van der Waals surface area contributed by atoms with E-state index in [1.807, 2.05) is 0 Å². The predicted molar refractivity (Wildman–Crippen MR) is 72.6 cm³/mol. The van der Waals surface area contributed by atoms with Gasteiger partial charge in [-0.05, 0) is 32.0 Å². The van der Waals surface area contributed by atoms with Gasteiger partial charge in [-0.25, -0.2) is 4.39 Å². The highest BCUT2D eigenvalue weighted by molar-refractivity contribution is 5.43. The minimum atomic E-state index is -0.332. The molecule has 1 saturated heterocycles. The zero-order valence-corrected chi connectivity index (χ0v) is 11.5. The van der Waals surface area contributed by atoms with E-state index in [2.05, 4.69) is 18.7 Å². The van der Waals surface area contributed by atoms with Crippen LogP contribution in [0, 0.1) is 5.82 Å². The number of hydrogen-bond donors (Lipinski definition) is 1. The lowest BCUT2D eigenvalue weighted by Crippen LogP contribution is -2.52. The summed E-state index contributed by atoms with van der Waals surface area (Å²) >= 11 is 0. The van der Waals surface area contributed by atoms with Crippen LogP contribution in [0.25, 0.3) is 0 Å². The van der Waals surface area contributed by atoms with E-state index in [4.69, 9.17) is 10.5 Å². The van der Waals surface area contributed by atoms with Gasteiger partial charge in [-0.2, -0.15) is 0 Å². The average Bonchev–Trinajstić information content (AvgIpc) is 2.64. The van der Waals surface area contributed by atoms with Crippen LogP contribution >= 0.6 is 0 Å². The molecule has 2 aliphatic heterocycles. The molecule has 0 bridgehead atoms. The summed E-state index contributed by atoms with van der Waals surface area (Å²) < 4.78 is 19.5. The summed E-state index contributed by atoms with van der Waals surface area (Å²) in [5.41, 5.74) is 6.82. The number of piperidine rings is 1. The fourth-order valence-corrected chi connectivity index (χ4v) is 3.25. The Balaban J connectivity index is 1.82. The standard InChI is InChI=1S/C15H21FN2O/c1-10(2)18-7-5-15(6-8-18)14(17)12-9-11(16)3-4-13(12)19-15/h3-4,9-10,14H,5-8,17H2,1-2H3/t14-/m1/s1. The molecule has 0 aromatic heterocycles. The van der Waals surface area contributed by atoms with E-state index in [1.54, 1.807) is 6.07 Å². The molecule has 1 aromatic rings. The van der Waals surface area contributed by atoms with Crippen LogP contribution in [0.15, 0.2) is 18.2 Å². The molecular weight excluding hydrogens is 243 g/mol. The molecule has 0 saturated carbocycles. The molecule has 2 heterocycles. The van der Waals surface area contributed by atoms with Crippen LogP contribution in [-0.2, 0) is 0 Å². The molecule has 104 valence electrons. The van der Waals surface area contributed by atoms with Crippen LogP contribution in [0.3, 0.4) is 0 Å². The molecule has 4 heteroatoms. The van der Waals surface area contributed by atoms with Crippen LogP contribution in [0.2, 0.25) is 0 Å². The summed E-state index contributed by atoms with van der Waals surface area (Å²) in [5.74, 6) is 0.515. The molecule has 19 heavy (non-hydrogen) atoms. The molecule has 2 aliphatic rings. The summed E-state index contributed by atoms with van der Waals surface area (Å²) in [6.07, 6.45) is 1.81. The Labute approximate surface area is 113 Å². The summed E-state index contributed by atoms with van der Waals surface area (Å²) in [6.45, 7) is 6.39. The van der Waals surface area contributed by atoms with Crippen molar-refractivity contribution in [3.8, 4) is 5.75 Å². The van der Waals surface area contributed by atoms with Crippen molar-refractivity contribution in [2.45, 2.75) is 44.4 Å². The summed E-state index contributed by atoms with van der Waals surface area (Å²) in [5, 5.41) is 0. The topological polar surface area (TPSA) is 38.5 Å². The van der Waals surface area contributed by atoms with E-state index in [1.165, 1.54) is 12.1 Å². The number of fused-ring (bicyclic) bond motifs is 1. The third-order valence-electron chi connectivity index (χ3n) is 4.56. The molecule has 2 N–H and O–H groups in total. The molecule has 1 fully saturated rings. The minimum Gasteiger partial charge on any atom is -0.485 e. The monoisotopic (exact) mass is 264 g/mol. The van der Waals surface area contributed by atoms with E-state index in [-0.39, 0.29) is 17.5 Å². The van der Waals surface area contributed by atoms with Crippen molar-refractivity contribution in [3.05, 3.63) is 29.6 Å². The van der Waals surface area contributed by atoms with E-state index in [0.29, 0.717) is 6.04 Å². The zero-order valence-electron chi connectivity index (χ0n) is 11.5. The lowest BCUT2D eigenvalue weighted by atomic mass is 9.83. The predicted octanol–water partition coefficient (Wildman–Crippen LogP) is 2.46. The fourth-order valence-electron chi connectivity index (χ4n) is 3.25. The average molecular weight is 264 g/mol. The third-order valence-corrected chi connectivity index (χ3v) is 4.56. The number of rotatable bonds is 1. The number of benzene rings is 1. The van der Waals surface area contributed by atoms with Gasteiger partial charge in [0.2, 0.25) is 0 Å². The van der Waals surface area contributed by atoms with Crippen LogP contribution in [0.1, 0.15) is 38.3 Å². The number of halogens is 1. The van der Waals surface area contributed by atoms with Crippen molar-refractivity contribution in [1.29, 1.82) is 0 Å². The molecule has 3 rings (SSSR count). The highest BCUT2D eigenvalue weighted by Crippen LogP contribution is 2.47. The largest absolute Gasteiger partial charge is 0.485 e. The van der Waals surface area contributed by atoms with Crippen molar-refractivity contribution in [2.24, 2.45) is 5.73 Å². The molecular formula is C15H21FN2O. The summed E-state index contributed by atoms with van der Waals surface area (Å²) in [7, 11) is 0. The van der Waals surface area contributed by atoms with Gasteiger partial charge in [0, 0.05) is 37.5 Å². The molecule has 0 amide bonds. The molecule has 1 atom stereocenters. The van der Waals surface area contributed by atoms with Gasteiger partial charge in [0.1, 0.15) is 17.2 Å². The Bertz CT molecular complexity index is 481. The van der Waals surface area contributed by atoms with Gasteiger partial charge in [-0.1, -0.05) is 0 Å². The van der Waals surface area contributed by atoms with Crippen LogP contribution in [0.4, 0.5) is 4.39 Å². The molecule has 0 unspecified atom stereocenters. The van der Waals surface area contributed by atoms with Gasteiger partial charge >= 0.3 is 0 Å². The van der Waals surface area contributed by atoms with Gasteiger partial charge in [-0.3, -0.25) is 0 Å². The number of ether oxygens (including phenoxy) is 1. The maximum absolute atomic E-state index is 13.3. The number of hydrogen-bond acceptors (Lipinski definition) is 3. The van der Waals surface area contributed by atoms with E-state index in [0.717, 1.165) is 37.2 Å². The maximum atomic E-state index is 13.3. The lowest BCUT2D eigenvalue weighted by Gasteiger charge is -2.42. The Morgan fingerprint density at radius 3 is 2.68 bits per heavy atom. The highest BCUT2D eigenvalue weighted by atomic mass is 19.1. The van der Waals surface area contributed by atoms with Gasteiger partial charge in [0.15, 0.2) is 0 Å². The van der Waals surface area contributed by atoms with Gasteiger partial charge < -0.3 is 15.4 Å². The van der Waals surface area contributed by atoms with Crippen LogP contribution in [0.5, 0.6) is 5.75 Å². The zero-order chi connectivity index (χ0) is 13.6. The van der Waals surface area contributed by atoms with Crippen molar-refractivity contribution in [2.75, 3.05) is 13.1 Å². The normalized spacial score (nSPS) is 25.6. The van der Waals surface area contributed by atoms with E-state index < -0.39 is 0 Å². The van der Waals surface area contributed by atoms with Gasteiger partial charge in [0.05, 0.1) is 6.04 Å². The van der Waals surface area contributed by atoms with Crippen molar-refractivity contribution >= 4 is 0 Å². The highest BCUT2D eigenvalue weighted by Gasteiger charge is 2.48. The summed E-state index contributed by atoms with van der Waals surface area (Å²) in [4.78, 5) is 2.44. The molecule has 1 spiro atoms. The second kappa shape index (κ2) is 4.46. The lowest BCUT2D eigenvalue weighted by molar-refractivity contribution is -0.00690. The number of likely N-dealkylation sites (tertiary alicyclic amines) is 1. The third kappa shape index (κ3) is 2.03. The second-order valence-electron chi connectivity index (χ2n) is 5.96. The first-order chi connectivity index (χ1) is 9.02. The molecule has 0 aliphatic carbocycles. The van der Waals surface area contributed by atoms with Crippen LogP contribution < -0.4 is 10.5 Å². The Morgan fingerprint density at radius 1 is 1.37 bits per heavy atom. The van der Waals surface area contributed by atoms with Crippen molar-refractivity contribution in [1.82, 2.24) is 4.90 Å². The number of nitrogens with zero attached hydrogens (tertiary/aromatic N) is 1. The van der Waals surface area contributed by atoms with E-state index in [9.17, 15) is 4.39 Å². The first kappa shape index (κ1) is 12.9. The quantitative estimate of drug-likeness (QED) is 0.847. The Hall–Kier alpha value is -1.13. The van der Waals surface area contributed by atoms with E-state index >= 15 is 0 Å². The van der Waals surface area contributed by atoms with Gasteiger partial charge in [0.25, 0.3) is 0 Å². The molecule has 1 aromatic carbocycles. The minimum absolute atomic E-state index is 0.215. The first-order valence-corrected chi connectivity index (χ1v) is 7.00. The van der Waals surface area contributed by atoms with Gasteiger partial charge in [-0.15, -0.1) is 0 Å². The molecule has 3 nitrogen and oxygen atoms in total. The maximum Gasteiger partial charge on any atom is 0.131 e. The second-order valence-corrected chi connectivity index (χ2v) is 5.96. The Morgan fingerprint density at radius 2 is 2.05 bits per heavy atom. The summed E-state index contributed by atoms with van der Waals surface area (Å²) in [6, 6.07) is 4.99. The SMILES string of the molecule is CC(C)N1CCC2(CC1)Oc1ccc(F)cc1[C@H]2N. The van der Waals surface area contributed by atoms with Crippen molar-refractivity contribution in [3.63, 3.8) is 0 Å². The first-order valence-electron chi connectivity index (χ1n) is 7.00. The molecule has 0 radical (unpaired) electrons. The van der Waals surface area contributed by atoms with Crippen LogP contribution in [-0.4, -0.2) is 29.6 Å².